The van der Waals surface area contributed by atoms with Gasteiger partial charge in [-0.1, -0.05) is 30.7 Å². The zero-order valence-corrected chi connectivity index (χ0v) is 16.9. The summed E-state index contributed by atoms with van der Waals surface area (Å²) in [4.78, 5) is 35.0. The van der Waals surface area contributed by atoms with E-state index in [0.29, 0.717) is 0 Å². The fourth-order valence-electron chi connectivity index (χ4n) is 2.34. The van der Waals surface area contributed by atoms with Crippen LogP contribution in [0, 0.1) is 10.1 Å². The average Bonchev–Trinajstić information content (AvgIpc) is 2.67. The number of nitro groups is 1. The van der Waals surface area contributed by atoms with E-state index in [4.69, 9.17) is 11.6 Å². The van der Waals surface area contributed by atoms with Crippen molar-refractivity contribution in [2.24, 2.45) is 0 Å². The smallest absolute Gasteiger partial charge is 0.270 e. The van der Waals surface area contributed by atoms with Gasteiger partial charge in [0, 0.05) is 24.4 Å². The van der Waals surface area contributed by atoms with Crippen LogP contribution < -0.4 is 10.6 Å². The molecule has 2 amide bonds. The number of para-hydroxylation sites is 1. The minimum Gasteiger partial charge on any atom is -0.351 e. The van der Waals surface area contributed by atoms with Crippen molar-refractivity contribution in [3.8, 4) is 0 Å². The molecule has 0 spiro atoms. The van der Waals surface area contributed by atoms with Crippen molar-refractivity contribution < 1.29 is 22.9 Å². The van der Waals surface area contributed by atoms with Crippen molar-refractivity contribution in [1.29, 1.82) is 0 Å². The van der Waals surface area contributed by atoms with Crippen molar-refractivity contribution in [3.63, 3.8) is 0 Å². The number of sulfone groups is 1. The highest BCUT2D eigenvalue weighted by molar-refractivity contribution is 7.91. The fourth-order valence-corrected chi connectivity index (χ4v) is 3.30. The van der Waals surface area contributed by atoms with Crippen molar-refractivity contribution in [1.82, 2.24) is 5.32 Å². The molecule has 0 unspecified atom stereocenters. The molecule has 154 valence electrons. The van der Waals surface area contributed by atoms with Crippen LogP contribution in [0.25, 0.3) is 0 Å². The summed E-state index contributed by atoms with van der Waals surface area (Å²) >= 11 is 5.96. The summed E-state index contributed by atoms with van der Waals surface area (Å²) < 4.78 is 23.0. The highest BCUT2D eigenvalue weighted by Crippen LogP contribution is 2.24. The van der Waals surface area contributed by atoms with E-state index < -0.39 is 26.6 Å². The molecule has 0 aliphatic heterocycles. The van der Waals surface area contributed by atoms with Gasteiger partial charge < -0.3 is 10.6 Å². The van der Waals surface area contributed by atoms with Gasteiger partial charge in [0.25, 0.3) is 17.5 Å². The van der Waals surface area contributed by atoms with Gasteiger partial charge in [-0.2, -0.15) is 0 Å². The molecule has 2 rings (SSSR count). The molecule has 0 aliphatic rings. The molecule has 0 heterocycles. The van der Waals surface area contributed by atoms with Crippen LogP contribution in [0.1, 0.15) is 27.6 Å². The Morgan fingerprint density at radius 1 is 1.10 bits per heavy atom. The van der Waals surface area contributed by atoms with Crippen molar-refractivity contribution in [3.05, 3.63) is 68.7 Å². The number of hydrogen-bond donors (Lipinski definition) is 2. The van der Waals surface area contributed by atoms with E-state index in [9.17, 15) is 28.1 Å². The van der Waals surface area contributed by atoms with Gasteiger partial charge in [-0.15, -0.1) is 0 Å². The lowest BCUT2D eigenvalue weighted by molar-refractivity contribution is -0.384. The number of hydrogen-bond acceptors (Lipinski definition) is 6. The van der Waals surface area contributed by atoms with Crippen LogP contribution >= 0.6 is 11.6 Å². The van der Waals surface area contributed by atoms with Crippen LogP contribution in [0.5, 0.6) is 0 Å². The number of carbonyl (C=O) groups excluding carboxylic acids is 2. The fraction of sp³-hybridized carbons (Fsp3) is 0.222. The molecular formula is C18H18ClN3O6S. The Bertz CT molecular complexity index is 1060. The molecule has 29 heavy (non-hydrogen) atoms. The maximum atomic E-state index is 12.5. The van der Waals surface area contributed by atoms with E-state index in [1.807, 2.05) is 0 Å². The van der Waals surface area contributed by atoms with Crippen LogP contribution in [0.4, 0.5) is 11.4 Å². The summed E-state index contributed by atoms with van der Waals surface area (Å²) in [5.41, 5.74) is 0.0606. The summed E-state index contributed by atoms with van der Waals surface area (Å²) in [6.07, 6.45) is 0. The van der Waals surface area contributed by atoms with Crippen molar-refractivity contribution in [2.75, 3.05) is 23.4 Å². The molecule has 0 bridgehead atoms. The highest BCUT2D eigenvalue weighted by atomic mass is 35.5. The SMILES string of the molecule is CCS(=O)(=O)CCNC(=O)c1ccccc1NC(=O)c1ccc([N+](=O)[O-])cc1Cl. The second-order valence-electron chi connectivity index (χ2n) is 5.91. The maximum absolute atomic E-state index is 12.5. The first-order valence-corrected chi connectivity index (χ1v) is 10.7. The Morgan fingerprint density at radius 2 is 1.79 bits per heavy atom. The van der Waals surface area contributed by atoms with Gasteiger partial charge in [-0.05, 0) is 18.2 Å². The summed E-state index contributed by atoms with van der Waals surface area (Å²) in [6.45, 7) is 1.46. The third-order valence-corrected chi connectivity index (χ3v) is 5.98. The number of benzene rings is 2. The largest absolute Gasteiger partial charge is 0.351 e. The normalized spacial score (nSPS) is 11.0. The van der Waals surface area contributed by atoms with E-state index in [2.05, 4.69) is 10.6 Å². The lowest BCUT2D eigenvalue weighted by Crippen LogP contribution is -2.30. The second kappa shape index (κ2) is 9.48. The first-order valence-electron chi connectivity index (χ1n) is 8.47. The van der Waals surface area contributed by atoms with E-state index in [0.717, 1.165) is 12.1 Å². The van der Waals surface area contributed by atoms with Gasteiger partial charge in [0.1, 0.15) is 0 Å². The number of non-ortho nitro benzene ring substituents is 1. The minimum atomic E-state index is -3.22. The van der Waals surface area contributed by atoms with Gasteiger partial charge in [-0.25, -0.2) is 8.42 Å². The molecule has 0 saturated carbocycles. The van der Waals surface area contributed by atoms with Crippen LogP contribution in [0.15, 0.2) is 42.5 Å². The van der Waals surface area contributed by atoms with Crippen LogP contribution in [0.2, 0.25) is 5.02 Å². The minimum absolute atomic E-state index is 0.00140. The van der Waals surface area contributed by atoms with E-state index in [-0.39, 0.29) is 45.6 Å². The van der Waals surface area contributed by atoms with Crippen molar-refractivity contribution in [2.45, 2.75) is 6.92 Å². The number of nitrogens with one attached hydrogen (secondary N) is 2. The topological polar surface area (TPSA) is 135 Å². The molecule has 0 radical (unpaired) electrons. The number of nitrogens with zero attached hydrogens (tertiary/aromatic N) is 1. The molecule has 0 saturated heterocycles. The van der Waals surface area contributed by atoms with Gasteiger partial charge in [0.15, 0.2) is 9.84 Å². The highest BCUT2D eigenvalue weighted by Gasteiger charge is 2.18. The third kappa shape index (κ3) is 6.00. The van der Waals surface area contributed by atoms with Gasteiger partial charge in [-0.3, -0.25) is 19.7 Å². The summed E-state index contributed by atoms with van der Waals surface area (Å²) in [5.74, 6) is -1.42. The average molecular weight is 440 g/mol. The van der Waals surface area contributed by atoms with E-state index in [1.165, 1.54) is 25.1 Å². The zero-order chi connectivity index (χ0) is 21.6. The quantitative estimate of drug-likeness (QED) is 0.479. The number of carbonyl (C=O) groups is 2. The van der Waals surface area contributed by atoms with Gasteiger partial charge in [0.2, 0.25) is 0 Å². The van der Waals surface area contributed by atoms with Crippen LogP contribution in [-0.4, -0.2) is 43.2 Å². The van der Waals surface area contributed by atoms with Crippen molar-refractivity contribution >= 4 is 44.6 Å². The Kier molecular flexibility index (Phi) is 7.29. The number of anilines is 1. The molecule has 2 N–H and O–H groups in total. The monoisotopic (exact) mass is 439 g/mol. The number of amides is 2. The van der Waals surface area contributed by atoms with E-state index in [1.54, 1.807) is 12.1 Å². The first-order chi connectivity index (χ1) is 13.6. The predicted molar refractivity (Wildman–Crippen MR) is 109 cm³/mol. The Balaban J connectivity index is 2.15. The van der Waals surface area contributed by atoms with Crippen LogP contribution in [-0.2, 0) is 9.84 Å². The molecule has 2 aromatic carbocycles. The Hall–Kier alpha value is -2.98. The van der Waals surface area contributed by atoms with Gasteiger partial charge >= 0.3 is 0 Å². The maximum Gasteiger partial charge on any atom is 0.270 e. The molecule has 0 atom stereocenters. The second-order valence-corrected chi connectivity index (χ2v) is 8.79. The lowest BCUT2D eigenvalue weighted by Gasteiger charge is -2.12. The molecular weight excluding hydrogens is 422 g/mol. The Morgan fingerprint density at radius 3 is 2.41 bits per heavy atom. The summed E-state index contributed by atoms with van der Waals surface area (Å²) in [5, 5.41) is 15.7. The van der Waals surface area contributed by atoms with E-state index >= 15 is 0 Å². The first kappa shape index (κ1) is 22.3. The molecule has 9 nitrogen and oxygen atoms in total. The van der Waals surface area contributed by atoms with Gasteiger partial charge in [0.05, 0.1) is 32.5 Å². The third-order valence-electron chi connectivity index (χ3n) is 3.97. The molecule has 0 aromatic heterocycles. The number of rotatable bonds is 8. The summed E-state index contributed by atoms with van der Waals surface area (Å²) in [6, 6.07) is 9.58. The molecule has 2 aromatic rings. The summed E-state index contributed by atoms with van der Waals surface area (Å²) in [7, 11) is -3.22. The lowest BCUT2D eigenvalue weighted by atomic mass is 10.1. The Labute approximate surface area is 172 Å². The zero-order valence-electron chi connectivity index (χ0n) is 15.3. The molecule has 0 fully saturated rings. The standard InChI is InChI=1S/C18H18ClN3O6S/c1-2-29(27,28)10-9-20-17(23)14-5-3-4-6-16(14)21-18(24)13-8-7-12(22(25)26)11-15(13)19/h3-8,11H,2,9-10H2,1H3,(H,20,23)(H,21,24). The number of nitro benzene ring substituents is 1. The van der Waals surface area contributed by atoms with Crippen LogP contribution in [0.3, 0.4) is 0 Å². The predicted octanol–water partition coefficient (Wildman–Crippen LogP) is 2.67. The molecule has 0 aliphatic carbocycles. The number of halogens is 1. The molecule has 11 heteroatoms.